The van der Waals surface area contributed by atoms with Gasteiger partial charge in [-0.1, -0.05) is 0 Å². The number of amides is 2. The maximum absolute atomic E-state index is 12.6. The molecule has 1 heterocycles. The van der Waals surface area contributed by atoms with Crippen molar-refractivity contribution in [2.45, 2.75) is 98.2 Å². The third kappa shape index (κ3) is 12.5. The van der Waals surface area contributed by atoms with Gasteiger partial charge in [0.25, 0.3) is 0 Å². The molecule has 0 aliphatic carbocycles. The van der Waals surface area contributed by atoms with Gasteiger partial charge in [0.2, 0.25) is 11.7 Å². The van der Waals surface area contributed by atoms with E-state index in [2.05, 4.69) is 10.3 Å². The van der Waals surface area contributed by atoms with Crippen molar-refractivity contribution in [1.29, 1.82) is 0 Å². The number of imidazole rings is 1. The Bertz CT molecular complexity index is 1310. The Morgan fingerprint density at radius 2 is 1.49 bits per heavy atom. The predicted octanol–water partition coefficient (Wildman–Crippen LogP) is 4.22. The number of benzene rings is 1. The molecule has 1 unspecified atom stereocenters. The number of aromatic nitrogens is 2. The molecule has 13 nitrogen and oxygen atoms in total. The lowest BCUT2D eigenvalue weighted by Gasteiger charge is -2.22. The second-order valence-corrected chi connectivity index (χ2v) is 12.9. The number of carbonyl (C=O) groups excluding carboxylic acids is 3. The number of carbonyl (C=O) groups is 3. The van der Waals surface area contributed by atoms with E-state index in [4.69, 9.17) is 29.7 Å². The van der Waals surface area contributed by atoms with E-state index in [0.29, 0.717) is 30.9 Å². The van der Waals surface area contributed by atoms with Gasteiger partial charge in [-0.15, -0.1) is 4.99 Å². The number of nitrogens with two attached hydrogens (primary N) is 1. The van der Waals surface area contributed by atoms with Crippen LogP contribution in [0.25, 0.3) is 11.3 Å². The van der Waals surface area contributed by atoms with Crippen LogP contribution in [0.5, 0.6) is 5.75 Å². The molecule has 2 aromatic rings. The molecule has 0 aliphatic rings. The van der Waals surface area contributed by atoms with Crippen LogP contribution < -0.4 is 21.6 Å². The zero-order chi connectivity index (χ0) is 32.6. The molecule has 1 aromatic heterocycles. The first-order valence-corrected chi connectivity index (χ1v) is 14.1. The van der Waals surface area contributed by atoms with Crippen LogP contribution in [0.1, 0.15) is 68.7 Å². The fourth-order valence-corrected chi connectivity index (χ4v) is 3.71. The largest absolute Gasteiger partial charge is 0.490 e. The smallest absolute Gasteiger partial charge is 0.437 e. The molecule has 0 spiro atoms. The molecule has 2 rings (SSSR count). The molecule has 43 heavy (non-hydrogen) atoms. The van der Waals surface area contributed by atoms with E-state index in [1.807, 2.05) is 22.9 Å². The Morgan fingerprint density at radius 3 is 2.02 bits per heavy atom. The minimum absolute atomic E-state index is 0.134. The number of hydrogen-bond donors (Lipinski definition) is 2. The van der Waals surface area contributed by atoms with Gasteiger partial charge in [-0.2, -0.15) is 0 Å². The predicted molar refractivity (Wildman–Crippen MR) is 160 cm³/mol. The van der Waals surface area contributed by atoms with E-state index < -0.39 is 41.1 Å². The van der Waals surface area contributed by atoms with E-state index in [9.17, 15) is 14.4 Å². The first-order valence-electron chi connectivity index (χ1n) is 14.1. The van der Waals surface area contributed by atoms with Crippen molar-refractivity contribution < 1.29 is 38.2 Å². The summed E-state index contributed by atoms with van der Waals surface area (Å²) in [5.74, 6) is 5.15. The van der Waals surface area contributed by atoms with Crippen LogP contribution in [0.2, 0.25) is 0 Å². The molecule has 2 amide bonds. The van der Waals surface area contributed by atoms with Crippen molar-refractivity contribution in [1.82, 2.24) is 14.5 Å². The van der Waals surface area contributed by atoms with Crippen molar-refractivity contribution in [3.05, 3.63) is 36.1 Å². The Balaban J connectivity index is 2.24. The summed E-state index contributed by atoms with van der Waals surface area (Å²) in [6, 6.07) is 7.15. The number of ether oxygens (including phenoxy) is 4. The summed E-state index contributed by atoms with van der Waals surface area (Å²) in [5, 5.41) is 2.74. The second kappa shape index (κ2) is 14.6. The summed E-state index contributed by atoms with van der Waals surface area (Å²) in [7, 11) is 1.79. The van der Waals surface area contributed by atoms with Crippen molar-refractivity contribution in [3.8, 4) is 17.0 Å². The van der Waals surface area contributed by atoms with Crippen LogP contribution in [0.15, 0.2) is 35.5 Å². The van der Waals surface area contributed by atoms with Crippen LogP contribution in [0.3, 0.4) is 0 Å². The second-order valence-electron chi connectivity index (χ2n) is 12.9. The van der Waals surface area contributed by atoms with Gasteiger partial charge in [-0.25, -0.2) is 20.3 Å². The highest BCUT2D eigenvalue weighted by Gasteiger charge is 2.26. The van der Waals surface area contributed by atoms with Gasteiger partial charge in [0, 0.05) is 26.3 Å². The van der Waals surface area contributed by atoms with Crippen molar-refractivity contribution in [2.75, 3.05) is 13.2 Å². The first kappa shape index (κ1) is 35.4. The van der Waals surface area contributed by atoms with Crippen LogP contribution in [0, 0.1) is 0 Å². The maximum Gasteiger partial charge on any atom is 0.437 e. The summed E-state index contributed by atoms with van der Waals surface area (Å²) in [6.07, 6.45) is 0.119. The lowest BCUT2D eigenvalue weighted by atomic mass is 10.1. The maximum atomic E-state index is 12.6. The van der Waals surface area contributed by atoms with Gasteiger partial charge in [0.1, 0.15) is 29.2 Å². The number of aryl methyl sites for hydroxylation is 1. The summed E-state index contributed by atoms with van der Waals surface area (Å²) in [5.41, 5.74) is -0.0206. The molecule has 0 saturated heterocycles. The molecule has 1 aromatic carbocycles. The number of nitrogens with zero attached hydrogens (tertiary/aromatic N) is 3. The molecule has 13 heteroatoms. The molecule has 0 fully saturated rings. The molecule has 0 bridgehead atoms. The number of rotatable bonds is 10. The highest BCUT2D eigenvalue weighted by atomic mass is 16.7. The molecular weight excluding hydrogens is 558 g/mol. The van der Waals surface area contributed by atoms with Crippen molar-refractivity contribution >= 4 is 18.2 Å². The number of nitrogens with one attached hydrogen (secondary N) is 1. The summed E-state index contributed by atoms with van der Waals surface area (Å²) in [4.78, 5) is 45.9. The van der Waals surface area contributed by atoms with Gasteiger partial charge >= 0.3 is 18.2 Å². The lowest BCUT2D eigenvalue weighted by molar-refractivity contribution is -0.170. The third-order valence-corrected chi connectivity index (χ3v) is 5.41. The zero-order valence-electron chi connectivity index (χ0n) is 27.0. The highest BCUT2D eigenvalue weighted by Crippen LogP contribution is 2.22. The topological polar surface area (TPSA) is 158 Å². The molecule has 1 atom stereocenters. The standard InChI is InChI=1S/C30H47N5O8/c1-28(2,3)40-24(36)23(43-31)19-39-21-14-12-20(13-15-21)22-18-35(17-11-16-32-26(37)41-29(4,5)6)25(34(22)10)33-27(38)42-30(7,8)9/h12-15,18,23H,11,16-17,19,31H2,1-10H3,(H,32,37)/b33-25-. The third-order valence-electron chi connectivity index (χ3n) is 5.41. The fraction of sp³-hybridized carbons (Fsp3) is 0.600. The Labute approximate surface area is 253 Å². The molecule has 0 radical (unpaired) electrons. The van der Waals surface area contributed by atoms with E-state index >= 15 is 0 Å². The Hall–Kier alpha value is -3.84. The summed E-state index contributed by atoms with van der Waals surface area (Å²) >= 11 is 0. The number of esters is 1. The van der Waals surface area contributed by atoms with Crippen LogP contribution >= 0.6 is 0 Å². The Kier molecular flexibility index (Phi) is 12.0. The summed E-state index contributed by atoms with van der Waals surface area (Å²) < 4.78 is 25.3. The van der Waals surface area contributed by atoms with E-state index in [-0.39, 0.29) is 6.61 Å². The summed E-state index contributed by atoms with van der Waals surface area (Å²) in [6.45, 7) is 16.6. The quantitative estimate of drug-likeness (QED) is 0.175. The van der Waals surface area contributed by atoms with E-state index in [1.54, 1.807) is 86.1 Å². The molecule has 0 aliphatic heterocycles. The lowest BCUT2D eigenvalue weighted by Crippen LogP contribution is -2.38. The van der Waals surface area contributed by atoms with Gasteiger partial charge in [0.15, 0.2) is 0 Å². The Morgan fingerprint density at radius 1 is 0.907 bits per heavy atom. The molecule has 3 N–H and O–H groups in total. The van der Waals surface area contributed by atoms with Gasteiger partial charge < -0.3 is 33.4 Å². The van der Waals surface area contributed by atoms with Gasteiger partial charge in [-0.3, -0.25) is 4.84 Å². The van der Waals surface area contributed by atoms with Gasteiger partial charge in [-0.05, 0) is 98.6 Å². The SMILES string of the molecule is Cn1c(-c2ccc(OCC(ON)C(=O)OC(C)(C)C)cc2)cn(CCCNC(=O)OC(C)(C)C)/c1=N\C(=O)OC(C)(C)C. The van der Waals surface area contributed by atoms with Crippen LogP contribution in [-0.4, -0.2) is 63.3 Å². The van der Waals surface area contributed by atoms with Gasteiger partial charge in [0.05, 0.1) is 5.69 Å². The minimum atomic E-state index is -1.09. The number of hydrogen-bond acceptors (Lipinski definition) is 9. The molecule has 0 saturated carbocycles. The zero-order valence-corrected chi connectivity index (χ0v) is 27.0. The van der Waals surface area contributed by atoms with E-state index in [1.165, 1.54) is 0 Å². The van der Waals surface area contributed by atoms with Crippen molar-refractivity contribution in [3.63, 3.8) is 0 Å². The monoisotopic (exact) mass is 605 g/mol. The fourth-order valence-electron chi connectivity index (χ4n) is 3.71. The van der Waals surface area contributed by atoms with Crippen LogP contribution in [-0.2, 0) is 37.4 Å². The highest BCUT2D eigenvalue weighted by molar-refractivity contribution is 5.75. The average Bonchev–Trinajstić information content (AvgIpc) is 3.14. The minimum Gasteiger partial charge on any atom is -0.490 e. The van der Waals surface area contributed by atoms with Crippen molar-refractivity contribution in [2.24, 2.45) is 17.9 Å². The normalized spacial score (nSPS) is 13.3. The molecular formula is C30H47N5O8. The average molecular weight is 606 g/mol. The number of alkyl carbamates (subject to hydrolysis) is 1. The van der Waals surface area contributed by atoms with Crippen LogP contribution in [0.4, 0.5) is 9.59 Å². The van der Waals surface area contributed by atoms with E-state index in [0.717, 1.165) is 11.3 Å². The first-order chi connectivity index (χ1) is 19.8. The molecule has 240 valence electrons.